The van der Waals surface area contributed by atoms with Crippen LogP contribution in [0.5, 0.6) is 0 Å². The van der Waals surface area contributed by atoms with Crippen molar-refractivity contribution >= 4 is 11.8 Å². The zero-order valence-corrected chi connectivity index (χ0v) is 10.6. The van der Waals surface area contributed by atoms with E-state index in [9.17, 15) is 9.59 Å². The summed E-state index contributed by atoms with van der Waals surface area (Å²) in [7, 11) is 2.01. The maximum atomic E-state index is 11.2. The van der Waals surface area contributed by atoms with Crippen molar-refractivity contribution < 1.29 is 9.59 Å². The highest BCUT2D eigenvalue weighted by Crippen LogP contribution is 1.93. The first kappa shape index (κ1) is 15.4. The van der Waals surface area contributed by atoms with E-state index in [1.54, 1.807) is 6.07 Å². The Morgan fingerprint density at radius 1 is 1.29 bits per heavy atom. The molecule has 0 unspecified atom stereocenters. The summed E-state index contributed by atoms with van der Waals surface area (Å²) < 4.78 is 0. The molecule has 17 heavy (non-hydrogen) atoms. The molecule has 0 saturated heterocycles. The van der Waals surface area contributed by atoms with Gasteiger partial charge in [-0.1, -0.05) is 0 Å². The average molecular weight is 240 g/mol. The van der Waals surface area contributed by atoms with Gasteiger partial charge in [-0.3, -0.25) is 9.59 Å². The lowest BCUT2D eigenvalue weighted by Crippen LogP contribution is -2.41. The summed E-state index contributed by atoms with van der Waals surface area (Å²) in [4.78, 5) is 24.4. The molecule has 0 aromatic carbocycles. The SMILES string of the molecule is CC(C)N(C)CCCNC(=O)C(=O)NCC#N. The lowest BCUT2D eigenvalue weighted by Gasteiger charge is -2.20. The maximum absolute atomic E-state index is 11.2. The van der Waals surface area contributed by atoms with E-state index in [0.29, 0.717) is 12.6 Å². The number of nitrogens with zero attached hydrogens (tertiary/aromatic N) is 2. The van der Waals surface area contributed by atoms with Crippen LogP contribution in [-0.4, -0.2) is 49.4 Å². The third kappa shape index (κ3) is 7.30. The first-order chi connectivity index (χ1) is 7.99. The molecule has 0 atom stereocenters. The van der Waals surface area contributed by atoms with E-state index < -0.39 is 11.8 Å². The summed E-state index contributed by atoms with van der Waals surface area (Å²) in [6, 6.07) is 2.19. The minimum absolute atomic E-state index is 0.150. The molecule has 0 bridgehead atoms. The van der Waals surface area contributed by atoms with Gasteiger partial charge in [0.05, 0.1) is 6.07 Å². The van der Waals surface area contributed by atoms with Gasteiger partial charge in [0.1, 0.15) is 6.54 Å². The number of amides is 2. The third-order valence-corrected chi connectivity index (χ3v) is 2.39. The molecule has 0 aliphatic carbocycles. The Morgan fingerprint density at radius 3 is 2.41 bits per heavy atom. The average Bonchev–Trinajstić information content (AvgIpc) is 2.30. The van der Waals surface area contributed by atoms with Crippen LogP contribution >= 0.6 is 0 Å². The fourth-order valence-electron chi connectivity index (χ4n) is 1.07. The van der Waals surface area contributed by atoms with E-state index in [0.717, 1.165) is 13.0 Å². The highest BCUT2D eigenvalue weighted by atomic mass is 16.2. The molecule has 0 radical (unpaired) electrons. The summed E-state index contributed by atoms with van der Waals surface area (Å²) in [6.07, 6.45) is 0.784. The molecule has 0 aromatic rings. The standard InChI is InChI=1S/C11H20N4O2/c1-9(2)15(3)8-4-6-13-10(16)11(17)14-7-5-12/h9H,4,6-8H2,1-3H3,(H,13,16)(H,14,17). The Morgan fingerprint density at radius 2 is 1.88 bits per heavy atom. The second kappa shape index (κ2) is 8.53. The van der Waals surface area contributed by atoms with E-state index in [-0.39, 0.29) is 6.54 Å². The van der Waals surface area contributed by atoms with Crippen molar-refractivity contribution in [3.8, 4) is 6.07 Å². The maximum Gasteiger partial charge on any atom is 0.310 e. The topological polar surface area (TPSA) is 85.2 Å². The van der Waals surface area contributed by atoms with Crippen LogP contribution in [0.4, 0.5) is 0 Å². The Balaban J connectivity index is 3.65. The second-order valence-corrected chi connectivity index (χ2v) is 4.02. The molecule has 0 heterocycles. The number of nitrogens with one attached hydrogen (secondary N) is 2. The summed E-state index contributed by atoms with van der Waals surface area (Å²) in [5.41, 5.74) is 0. The molecule has 2 N–H and O–H groups in total. The van der Waals surface area contributed by atoms with Crippen LogP contribution < -0.4 is 10.6 Å². The van der Waals surface area contributed by atoms with Gasteiger partial charge in [-0.15, -0.1) is 0 Å². The minimum Gasteiger partial charge on any atom is -0.348 e. The van der Waals surface area contributed by atoms with Gasteiger partial charge < -0.3 is 15.5 Å². The molecule has 0 aliphatic heterocycles. The molecule has 0 spiro atoms. The van der Waals surface area contributed by atoms with Crippen molar-refractivity contribution in [1.29, 1.82) is 5.26 Å². The van der Waals surface area contributed by atoms with Crippen LogP contribution in [0, 0.1) is 11.3 Å². The molecule has 6 heteroatoms. The molecule has 0 aliphatic rings. The van der Waals surface area contributed by atoms with Crippen LogP contribution in [-0.2, 0) is 9.59 Å². The predicted octanol–water partition coefficient (Wildman–Crippen LogP) is -0.527. The van der Waals surface area contributed by atoms with Gasteiger partial charge >= 0.3 is 11.8 Å². The highest BCUT2D eigenvalue weighted by Gasteiger charge is 2.11. The van der Waals surface area contributed by atoms with Crippen LogP contribution in [0.15, 0.2) is 0 Å². The smallest absolute Gasteiger partial charge is 0.310 e. The third-order valence-electron chi connectivity index (χ3n) is 2.39. The molecule has 2 amide bonds. The molecule has 0 fully saturated rings. The fraction of sp³-hybridized carbons (Fsp3) is 0.727. The first-order valence-corrected chi connectivity index (χ1v) is 5.62. The van der Waals surface area contributed by atoms with Crippen molar-refractivity contribution in [2.24, 2.45) is 0 Å². The Kier molecular flexibility index (Phi) is 7.72. The van der Waals surface area contributed by atoms with Gasteiger partial charge in [0.25, 0.3) is 0 Å². The lowest BCUT2D eigenvalue weighted by molar-refractivity contribution is -0.139. The van der Waals surface area contributed by atoms with E-state index in [4.69, 9.17) is 5.26 Å². The molecule has 0 aromatic heterocycles. The number of nitriles is 1. The van der Waals surface area contributed by atoms with Gasteiger partial charge in [-0.25, -0.2) is 0 Å². The summed E-state index contributed by atoms with van der Waals surface area (Å²) in [5, 5.41) is 12.9. The molecular formula is C11H20N4O2. The van der Waals surface area contributed by atoms with Crippen molar-refractivity contribution in [2.75, 3.05) is 26.7 Å². The Labute approximate surface area is 102 Å². The quantitative estimate of drug-likeness (QED) is 0.371. The lowest BCUT2D eigenvalue weighted by atomic mass is 10.3. The van der Waals surface area contributed by atoms with Gasteiger partial charge in [0.15, 0.2) is 0 Å². The summed E-state index contributed by atoms with van der Waals surface area (Å²) in [6.45, 7) is 5.35. The number of hydrogen-bond acceptors (Lipinski definition) is 4. The number of hydrogen-bond donors (Lipinski definition) is 2. The van der Waals surface area contributed by atoms with Gasteiger partial charge in [0, 0.05) is 12.6 Å². The van der Waals surface area contributed by atoms with Crippen LogP contribution in [0.25, 0.3) is 0 Å². The largest absolute Gasteiger partial charge is 0.348 e. The second-order valence-electron chi connectivity index (χ2n) is 4.02. The number of carbonyl (C=O) groups is 2. The number of carbonyl (C=O) groups excluding carboxylic acids is 2. The molecule has 0 saturated carbocycles. The minimum atomic E-state index is -0.760. The van der Waals surface area contributed by atoms with Crippen LogP contribution in [0.3, 0.4) is 0 Å². The monoisotopic (exact) mass is 240 g/mol. The summed E-state index contributed by atoms with van der Waals surface area (Å²) >= 11 is 0. The van der Waals surface area contributed by atoms with E-state index in [1.807, 2.05) is 7.05 Å². The van der Waals surface area contributed by atoms with Crippen molar-refractivity contribution in [3.63, 3.8) is 0 Å². The highest BCUT2D eigenvalue weighted by molar-refractivity contribution is 6.35. The first-order valence-electron chi connectivity index (χ1n) is 5.62. The van der Waals surface area contributed by atoms with E-state index >= 15 is 0 Å². The van der Waals surface area contributed by atoms with Gasteiger partial charge in [-0.2, -0.15) is 5.26 Å². The van der Waals surface area contributed by atoms with Gasteiger partial charge in [0.2, 0.25) is 0 Å². The van der Waals surface area contributed by atoms with Crippen LogP contribution in [0.2, 0.25) is 0 Å². The molecule has 6 nitrogen and oxygen atoms in total. The molecule has 96 valence electrons. The van der Waals surface area contributed by atoms with Crippen LogP contribution in [0.1, 0.15) is 20.3 Å². The zero-order valence-electron chi connectivity index (χ0n) is 10.6. The summed E-state index contributed by atoms with van der Waals surface area (Å²) in [5.74, 6) is -1.45. The number of rotatable bonds is 6. The van der Waals surface area contributed by atoms with Gasteiger partial charge in [-0.05, 0) is 33.9 Å². The van der Waals surface area contributed by atoms with E-state index in [1.165, 1.54) is 0 Å². The van der Waals surface area contributed by atoms with Crippen molar-refractivity contribution in [2.45, 2.75) is 26.3 Å². The Hall–Kier alpha value is -1.61. The Bertz CT molecular complexity index is 296. The molecule has 0 rings (SSSR count). The fourth-order valence-corrected chi connectivity index (χ4v) is 1.07. The predicted molar refractivity (Wildman–Crippen MR) is 64.0 cm³/mol. The van der Waals surface area contributed by atoms with Crippen molar-refractivity contribution in [1.82, 2.24) is 15.5 Å². The normalized spacial score (nSPS) is 10.1. The molecular weight excluding hydrogens is 220 g/mol. The van der Waals surface area contributed by atoms with Crippen molar-refractivity contribution in [3.05, 3.63) is 0 Å². The zero-order chi connectivity index (χ0) is 13.3. The van der Waals surface area contributed by atoms with E-state index in [2.05, 4.69) is 29.4 Å².